The van der Waals surface area contributed by atoms with Crippen molar-refractivity contribution in [2.75, 3.05) is 18.0 Å². The lowest BCUT2D eigenvalue weighted by molar-refractivity contribution is -0.146. The number of benzene rings is 1. The first kappa shape index (κ1) is 17.0. The average Bonchev–Trinajstić information content (AvgIpc) is 2.45. The van der Waals surface area contributed by atoms with Crippen LogP contribution >= 0.6 is 0 Å². The molecule has 0 bridgehead atoms. The Labute approximate surface area is 124 Å². The Kier molecular flexibility index (Phi) is 6.68. The zero-order valence-electron chi connectivity index (χ0n) is 12.4. The van der Waals surface area contributed by atoms with Gasteiger partial charge in [-0.1, -0.05) is 12.1 Å². The minimum atomic E-state index is -1.16. The minimum Gasteiger partial charge on any atom is -0.481 e. The van der Waals surface area contributed by atoms with E-state index in [-0.39, 0.29) is 0 Å². The summed E-state index contributed by atoms with van der Waals surface area (Å²) in [6.45, 7) is 6.34. The SMILES string of the molecule is CCN(CC)c1ccc(CNC(CC(=O)O)C(=O)O)cc1. The monoisotopic (exact) mass is 294 g/mol. The van der Waals surface area contributed by atoms with Gasteiger partial charge < -0.3 is 15.1 Å². The Bertz CT molecular complexity index is 469. The van der Waals surface area contributed by atoms with E-state index in [1.165, 1.54) is 0 Å². The molecule has 0 saturated carbocycles. The molecule has 0 aromatic heterocycles. The summed E-state index contributed by atoms with van der Waals surface area (Å²) in [5.41, 5.74) is 2.03. The molecule has 1 atom stereocenters. The van der Waals surface area contributed by atoms with Crippen molar-refractivity contribution in [1.29, 1.82) is 0 Å². The van der Waals surface area contributed by atoms with Crippen molar-refractivity contribution in [1.82, 2.24) is 5.32 Å². The first-order chi connectivity index (χ1) is 9.97. The standard InChI is InChI=1S/C15H22N2O4/c1-3-17(4-2)12-7-5-11(6-8-12)10-16-13(15(20)21)9-14(18)19/h5-8,13,16H,3-4,9-10H2,1-2H3,(H,18,19)(H,20,21). The maximum Gasteiger partial charge on any atom is 0.321 e. The predicted molar refractivity (Wildman–Crippen MR) is 80.5 cm³/mol. The second-order valence-electron chi connectivity index (χ2n) is 4.71. The Balaban J connectivity index is 2.62. The molecule has 1 aromatic rings. The fourth-order valence-corrected chi connectivity index (χ4v) is 2.08. The van der Waals surface area contributed by atoms with Gasteiger partial charge in [-0.25, -0.2) is 0 Å². The van der Waals surface area contributed by atoms with E-state index in [2.05, 4.69) is 24.1 Å². The molecule has 3 N–H and O–H groups in total. The largest absolute Gasteiger partial charge is 0.481 e. The summed E-state index contributed by atoms with van der Waals surface area (Å²) in [6, 6.07) is 6.72. The molecule has 0 aliphatic heterocycles. The molecular weight excluding hydrogens is 272 g/mol. The molecule has 0 saturated heterocycles. The fraction of sp³-hybridized carbons (Fsp3) is 0.467. The number of carboxylic acid groups (broad SMARTS) is 2. The van der Waals surface area contributed by atoms with Crippen LogP contribution in [0.25, 0.3) is 0 Å². The molecule has 6 heteroatoms. The van der Waals surface area contributed by atoms with Gasteiger partial charge in [0.05, 0.1) is 6.42 Å². The van der Waals surface area contributed by atoms with E-state index in [9.17, 15) is 9.59 Å². The maximum absolute atomic E-state index is 10.9. The van der Waals surface area contributed by atoms with Crippen molar-refractivity contribution in [3.63, 3.8) is 0 Å². The third kappa shape index (κ3) is 5.43. The highest BCUT2D eigenvalue weighted by Crippen LogP contribution is 2.15. The van der Waals surface area contributed by atoms with Gasteiger partial charge in [-0.2, -0.15) is 0 Å². The van der Waals surface area contributed by atoms with Gasteiger partial charge in [0.15, 0.2) is 0 Å². The first-order valence-electron chi connectivity index (χ1n) is 6.99. The average molecular weight is 294 g/mol. The van der Waals surface area contributed by atoms with Crippen LogP contribution in [0.3, 0.4) is 0 Å². The summed E-state index contributed by atoms with van der Waals surface area (Å²) < 4.78 is 0. The van der Waals surface area contributed by atoms with Crippen LogP contribution in [0.15, 0.2) is 24.3 Å². The second-order valence-corrected chi connectivity index (χ2v) is 4.71. The number of hydrogen-bond acceptors (Lipinski definition) is 4. The molecule has 0 amide bonds. The quantitative estimate of drug-likeness (QED) is 0.640. The van der Waals surface area contributed by atoms with Crippen LogP contribution in [0.5, 0.6) is 0 Å². The molecule has 0 aliphatic rings. The topological polar surface area (TPSA) is 89.9 Å². The van der Waals surface area contributed by atoms with Crippen molar-refractivity contribution in [2.24, 2.45) is 0 Å². The summed E-state index contributed by atoms with van der Waals surface area (Å²) in [6.07, 6.45) is -0.438. The number of aliphatic carboxylic acids is 2. The van der Waals surface area contributed by atoms with Gasteiger partial charge in [0.1, 0.15) is 6.04 Å². The third-order valence-electron chi connectivity index (χ3n) is 3.29. The lowest BCUT2D eigenvalue weighted by atomic mass is 10.1. The van der Waals surface area contributed by atoms with Gasteiger partial charge in [0.2, 0.25) is 0 Å². The number of hydrogen-bond donors (Lipinski definition) is 3. The van der Waals surface area contributed by atoms with Gasteiger partial charge in [-0.3, -0.25) is 14.9 Å². The smallest absolute Gasteiger partial charge is 0.321 e. The van der Waals surface area contributed by atoms with Gasteiger partial charge in [-0.15, -0.1) is 0 Å². The van der Waals surface area contributed by atoms with Crippen LogP contribution in [0.2, 0.25) is 0 Å². The third-order valence-corrected chi connectivity index (χ3v) is 3.29. The van der Waals surface area contributed by atoms with Gasteiger partial charge in [0, 0.05) is 25.3 Å². The number of carboxylic acids is 2. The van der Waals surface area contributed by atoms with Gasteiger partial charge in [-0.05, 0) is 31.5 Å². The van der Waals surface area contributed by atoms with Crippen molar-refractivity contribution in [2.45, 2.75) is 32.9 Å². The number of rotatable bonds is 9. The van der Waals surface area contributed by atoms with E-state index in [0.717, 1.165) is 24.3 Å². The first-order valence-corrected chi connectivity index (χ1v) is 6.99. The Morgan fingerprint density at radius 2 is 1.71 bits per heavy atom. The van der Waals surface area contributed by atoms with E-state index >= 15 is 0 Å². The molecule has 0 radical (unpaired) electrons. The number of nitrogens with zero attached hydrogens (tertiary/aromatic N) is 1. The minimum absolute atomic E-state index is 0.322. The molecule has 21 heavy (non-hydrogen) atoms. The molecule has 0 aliphatic carbocycles. The predicted octanol–water partition coefficient (Wildman–Crippen LogP) is 1.55. The van der Waals surface area contributed by atoms with E-state index in [1.54, 1.807) is 0 Å². The van der Waals surface area contributed by atoms with Gasteiger partial charge in [0.25, 0.3) is 0 Å². The van der Waals surface area contributed by atoms with E-state index in [0.29, 0.717) is 6.54 Å². The van der Waals surface area contributed by atoms with Crippen molar-refractivity contribution in [3.8, 4) is 0 Å². The van der Waals surface area contributed by atoms with Crippen LogP contribution in [-0.4, -0.2) is 41.3 Å². The molecule has 0 spiro atoms. The van der Waals surface area contributed by atoms with Gasteiger partial charge >= 0.3 is 11.9 Å². The van der Waals surface area contributed by atoms with E-state index in [1.807, 2.05) is 24.3 Å². The maximum atomic E-state index is 10.9. The van der Waals surface area contributed by atoms with Crippen molar-refractivity contribution in [3.05, 3.63) is 29.8 Å². The highest BCUT2D eigenvalue weighted by molar-refractivity contribution is 5.80. The van der Waals surface area contributed by atoms with Crippen LogP contribution in [0, 0.1) is 0 Å². The lowest BCUT2D eigenvalue weighted by Gasteiger charge is -2.21. The molecule has 6 nitrogen and oxygen atoms in total. The Hall–Kier alpha value is -2.08. The molecule has 1 unspecified atom stereocenters. The number of nitrogens with one attached hydrogen (secondary N) is 1. The summed E-state index contributed by atoms with van der Waals surface area (Å²) in [5, 5.41) is 20.4. The van der Waals surface area contributed by atoms with Crippen LogP contribution < -0.4 is 10.2 Å². The fourth-order valence-electron chi connectivity index (χ4n) is 2.08. The highest BCUT2D eigenvalue weighted by atomic mass is 16.4. The molecule has 0 fully saturated rings. The summed E-state index contributed by atoms with van der Waals surface area (Å²) >= 11 is 0. The second kappa shape index (κ2) is 8.26. The highest BCUT2D eigenvalue weighted by Gasteiger charge is 2.20. The Morgan fingerprint density at radius 3 is 2.14 bits per heavy atom. The molecular formula is C15H22N2O4. The zero-order valence-corrected chi connectivity index (χ0v) is 12.4. The van der Waals surface area contributed by atoms with Crippen LogP contribution in [-0.2, 0) is 16.1 Å². The Morgan fingerprint density at radius 1 is 1.14 bits per heavy atom. The number of carbonyl (C=O) groups is 2. The number of anilines is 1. The van der Waals surface area contributed by atoms with Crippen LogP contribution in [0.4, 0.5) is 5.69 Å². The normalized spacial score (nSPS) is 11.9. The van der Waals surface area contributed by atoms with E-state index in [4.69, 9.17) is 10.2 Å². The molecule has 1 rings (SSSR count). The molecule has 0 heterocycles. The van der Waals surface area contributed by atoms with E-state index < -0.39 is 24.4 Å². The van der Waals surface area contributed by atoms with Crippen molar-refractivity contribution < 1.29 is 19.8 Å². The summed E-state index contributed by atoms with van der Waals surface area (Å²) in [7, 11) is 0. The summed E-state index contributed by atoms with van der Waals surface area (Å²) in [4.78, 5) is 23.8. The zero-order chi connectivity index (χ0) is 15.8. The molecule has 1 aromatic carbocycles. The summed E-state index contributed by atoms with van der Waals surface area (Å²) in [5.74, 6) is -2.29. The molecule has 116 valence electrons. The lowest BCUT2D eigenvalue weighted by Crippen LogP contribution is -2.38. The van der Waals surface area contributed by atoms with Crippen LogP contribution in [0.1, 0.15) is 25.8 Å². The van der Waals surface area contributed by atoms with Crippen molar-refractivity contribution >= 4 is 17.6 Å².